The van der Waals surface area contributed by atoms with Gasteiger partial charge in [0.15, 0.2) is 5.58 Å². The highest BCUT2D eigenvalue weighted by Crippen LogP contribution is 2.39. The summed E-state index contributed by atoms with van der Waals surface area (Å²) in [7, 11) is 0. The Morgan fingerprint density at radius 1 is 0.535 bits per heavy atom. The first-order chi connectivity index (χ1) is 21.3. The third-order valence-corrected chi connectivity index (χ3v) is 8.19. The van der Waals surface area contributed by atoms with E-state index < -0.39 is 0 Å². The summed E-state index contributed by atoms with van der Waals surface area (Å²) in [5, 5.41) is 2.20. The maximum absolute atomic E-state index is 6.45. The molecule has 0 unspecified atom stereocenters. The van der Waals surface area contributed by atoms with E-state index in [2.05, 4.69) is 106 Å². The molecule has 0 aliphatic heterocycles. The van der Waals surface area contributed by atoms with Crippen molar-refractivity contribution in [2.24, 2.45) is 0 Å². The predicted octanol–water partition coefficient (Wildman–Crippen LogP) is 9.57. The van der Waals surface area contributed by atoms with Crippen LogP contribution in [0.3, 0.4) is 0 Å². The molecule has 9 aromatic rings. The Labute approximate surface area is 246 Å². The number of pyridine rings is 1. The molecular formula is C38H24N4O. The summed E-state index contributed by atoms with van der Waals surface area (Å²) in [6, 6.07) is 48.1. The number of fused-ring (bicyclic) bond motifs is 6. The van der Waals surface area contributed by atoms with Crippen LogP contribution in [0.15, 0.2) is 150 Å². The second kappa shape index (κ2) is 9.29. The van der Waals surface area contributed by atoms with Crippen LogP contribution in [-0.2, 0) is 0 Å². The molecule has 5 nitrogen and oxygen atoms in total. The van der Waals surface area contributed by atoms with Gasteiger partial charge in [-0.05, 0) is 54.6 Å². The number of imidazole rings is 1. The van der Waals surface area contributed by atoms with Crippen molar-refractivity contribution in [2.45, 2.75) is 0 Å². The van der Waals surface area contributed by atoms with Gasteiger partial charge in [0.2, 0.25) is 5.89 Å². The van der Waals surface area contributed by atoms with Crippen LogP contribution < -0.4 is 0 Å². The van der Waals surface area contributed by atoms with Gasteiger partial charge in [0.05, 0.1) is 27.8 Å². The molecule has 0 saturated carbocycles. The van der Waals surface area contributed by atoms with E-state index >= 15 is 0 Å². The summed E-state index contributed by atoms with van der Waals surface area (Å²) in [6.45, 7) is 0. The highest BCUT2D eigenvalue weighted by Gasteiger charge is 2.20. The number of para-hydroxylation sites is 1. The summed E-state index contributed by atoms with van der Waals surface area (Å²) in [6.07, 6.45) is 2.08. The summed E-state index contributed by atoms with van der Waals surface area (Å²) >= 11 is 0. The second-order valence-corrected chi connectivity index (χ2v) is 10.7. The fraction of sp³-hybridized carbons (Fsp3) is 0. The van der Waals surface area contributed by atoms with E-state index in [-0.39, 0.29) is 0 Å². The number of rotatable bonds is 4. The molecule has 0 spiro atoms. The van der Waals surface area contributed by atoms with E-state index in [0.29, 0.717) is 5.89 Å². The summed E-state index contributed by atoms with van der Waals surface area (Å²) in [5.74, 6) is 0.631. The Bertz CT molecular complexity index is 2430. The van der Waals surface area contributed by atoms with Gasteiger partial charge in [0.1, 0.15) is 11.2 Å². The van der Waals surface area contributed by atoms with Gasteiger partial charge in [-0.25, -0.2) is 9.97 Å². The third-order valence-electron chi connectivity index (χ3n) is 8.19. The van der Waals surface area contributed by atoms with Crippen LogP contribution in [0.1, 0.15) is 0 Å². The molecule has 0 atom stereocenters. The second-order valence-electron chi connectivity index (χ2n) is 10.7. The zero-order valence-electron chi connectivity index (χ0n) is 23.1. The number of oxazole rings is 1. The Morgan fingerprint density at radius 3 is 2.07 bits per heavy atom. The van der Waals surface area contributed by atoms with Crippen molar-refractivity contribution in [1.29, 1.82) is 0 Å². The van der Waals surface area contributed by atoms with E-state index in [1.807, 2.05) is 48.5 Å². The van der Waals surface area contributed by atoms with Gasteiger partial charge in [0.25, 0.3) is 0 Å². The number of aromatic nitrogens is 4. The van der Waals surface area contributed by atoms with E-state index in [9.17, 15) is 0 Å². The maximum atomic E-state index is 6.45. The largest absolute Gasteiger partial charge is 0.435 e. The summed E-state index contributed by atoms with van der Waals surface area (Å²) < 4.78 is 10.9. The van der Waals surface area contributed by atoms with Crippen molar-refractivity contribution >= 4 is 38.6 Å². The average molecular weight is 553 g/mol. The minimum atomic E-state index is 0.631. The Morgan fingerprint density at radius 2 is 1.26 bits per heavy atom. The molecule has 0 N–H and O–H groups in total. The average Bonchev–Trinajstić information content (AvgIpc) is 3.77. The molecule has 9 rings (SSSR count). The zero-order valence-corrected chi connectivity index (χ0v) is 23.1. The lowest BCUT2D eigenvalue weighted by Gasteiger charge is -2.10. The normalized spacial score (nSPS) is 11.7. The number of benzene rings is 5. The molecule has 0 fully saturated rings. The molecule has 0 aliphatic rings. The van der Waals surface area contributed by atoms with Crippen molar-refractivity contribution in [2.75, 3.05) is 0 Å². The fourth-order valence-corrected chi connectivity index (χ4v) is 6.26. The smallest absolute Gasteiger partial charge is 0.227 e. The number of hydrogen-bond acceptors (Lipinski definition) is 3. The summed E-state index contributed by atoms with van der Waals surface area (Å²) in [4.78, 5) is 9.88. The highest BCUT2D eigenvalue weighted by atomic mass is 16.3. The minimum Gasteiger partial charge on any atom is -0.435 e. The quantitative estimate of drug-likeness (QED) is 0.218. The zero-order chi connectivity index (χ0) is 28.3. The van der Waals surface area contributed by atoms with Crippen molar-refractivity contribution in [3.8, 4) is 39.7 Å². The molecule has 0 saturated heterocycles. The van der Waals surface area contributed by atoms with Crippen LogP contribution in [0.5, 0.6) is 0 Å². The first-order valence-electron chi connectivity index (χ1n) is 14.3. The molecule has 4 heterocycles. The van der Waals surface area contributed by atoms with Gasteiger partial charge in [-0.3, -0.25) is 4.40 Å². The van der Waals surface area contributed by atoms with E-state index in [1.165, 1.54) is 0 Å². The maximum Gasteiger partial charge on any atom is 0.227 e. The Balaban J connectivity index is 1.22. The van der Waals surface area contributed by atoms with Gasteiger partial charge in [-0.1, -0.05) is 84.9 Å². The molecule has 4 aromatic heterocycles. The molecule has 0 amide bonds. The first kappa shape index (κ1) is 23.7. The summed E-state index contributed by atoms with van der Waals surface area (Å²) in [5.41, 5.74) is 11.1. The molecule has 202 valence electrons. The SMILES string of the molecule is c1ccc(-c2nc3ccc4c(c5ccccc5n4-c4ccc(-c5nc6ccccn6c5-c5ccccc5)cc4)c3o2)cc1. The van der Waals surface area contributed by atoms with Crippen LogP contribution in [0.4, 0.5) is 0 Å². The molecular weight excluding hydrogens is 528 g/mol. The standard InChI is InChI=1S/C38H24N4O/c1-3-11-26(12-4-1)36-35(40-33-17-9-10-24-41(33)36)25-18-20-28(21-19-25)42-31-16-8-7-15-29(31)34-32(42)23-22-30-37(34)43-38(39-30)27-13-5-2-6-14-27/h1-24H. The lowest BCUT2D eigenvalue weighted by Crippen LogP contribution is -1.94. The van der Waals surface area contributed by atoms with E-state index in [0.717, 1.165) is 72.3 Å². The van der Waals surface area contributed by atoms with Crippen molar-refractivity contribution in [3.63, 3.8) is 0 Å². The van der Waals surface area contributed by atoms with Gasteiger partial charge in [-0.15, -0.1) is 0 Å². The minimum absolute atomic E-state index is 0.631. The molecule has 5 heteroatoms. The first-order valence-corrected chi connectivity index (χ1v) is 14.3. The van der Waals surface area contributed by atoms with Crippen LogP contribution in [-0.4, -0.2) is 18.9 Å². The van der Waals surface area contributed by atoms with Crippen LogP contribution in [0.25, 0.3) is 78.2 Å². The Kier molecular flexibility index (Phi) is 5.13. The van der Waals surface area contributed by atoms with Crippen molar-refractivity contribution in [1.82, 2.24) is 18.9 Å². The molecule has 0 aliphatic carbocycles. The lowest BCUT2D eigenvalue weighted by atomic mass is 10.0. The lowest BCUT2D eigenvalue weighted by molar-refractivity contribution is 0.623. The van der Waals surface area contributed by atoms with Gasteiger partial charge in [-0.2, -0.15) is 0 Å². The molecule has 0 radical (unpaired) electrons. The van der Waals surface area contributed by atoms with Gasteiger partial charge < -0.3 is 8.98 Å². The van der Waals surface area contributed by atoms with Crippen molar-refractivity contribution < 1.29 is 4.42 Å². The predicted molar refractivity (Wildman–Crippen MR) is 173 cm³/mol. The highest BCUT2D eigenvalue weighted by molar-refractivity contribution is 6.19. The fourth-order valence-electron chi connectivity index (χ4n) is 6.26. The topological polar surface area (TPSA) is 48.3 Å². The molecule has 43 heavy (non-hydrogen) atoms. The monoisotopic (exact) mass is 552 g/mol. The van der Waals surface area contributed by atoms with E-state index in [1.54, 1.807) is 0 Å². The van der Waals surface area contributed by atoms with E-state index in [4.69, 9.17) is 14.4 Å². The molecule has 0 bridgehead atoms. The number of hydrogen-bond donors (Lipinski definition) is 0. The third kappa shape index (κ3) is 3.65. The van der Waals surface area contributed by atoms with Gasteiger partial charge >= 0.3 is 0 Å². The Hall–Kier alpha value is -5.94. The number of nitrogens with zero attached hydrogens (tertiary/aromatic N) is 4. The van der Waals surface area contributed by atoms with Gasteiger partial charge in [0, 0.05) is 34.0 Å². The van der Waals surface area contributed by atoms with Crippen molar-refractivity contribution in [3.05, 3.63) is 146 Å². The van der Waals surface area contributed by atoms with Crippen LogP contribution >= 0.6 is 0 Å². The van der Waals surface area contributed by atoms with Crippen LogP contribution in [0, 0.1) is 0 Å². The van der Waals surface area contributed by atoms with Crippen LogP contribution in [0.2, 0.25) is 0 Å². The molecule has 5 aromatic carbocycles.